The van der Waals surface area contributed by atoms with Crippen LogP contribution in [0.25, 0.3) is 0 Å². The van der Waals surface area contributed by atoms with E-state index in [0.29, 0.717) is 0 Å². The molecular formula is C18H32O16. The fraction of sp³-hybridized carbons (Fsp3) is 1.00. The first kappa shape index (κ1) is 27.9. The number of aliphatic hydroxyl groups excluding tert-OH is 11. The highest BCUT2D eigenvalue weighted by atomic mass is 16.8. The summed E-state index contributed by atoms with van der Waals surface area (Å²) in [6, 6.07) is 0. The molecule has 3 fully saturated rings. The SMILES string of the molecule is OC[C@H]1O[C@H](OC[C@H]2O[C@H](OC3(CO)OC[C@H](O)[C@H](O)[C@H]3O)[C@H](O)[C@@H](O)[C@@H]2O)[C@H](O)[C@@H](O)[C@H]1O. The fourth-order valence-electron chi connectivity index (χ4n) is 3.90. The second kappa shape index (κ2) is 11.2. The lowest BCUT2D eigenvalue weighted by molar-refractivity contribution is -0.417. The van der Waals surface area contributed by atoms with Crippen molar-refractivity contribution < 1.29 is 79.9 Å². The lowest BCUT2D eigenvalue weighted by Gasteiger charge is -2.48. The maximum Gasteiger partial charge on any atom is 0.223 e. The molecule has 3 rings (SSSR count). The molecule has 1 unspecified atom stereocenters. The molecule has 0 aliphatic carbocycles. The maximum atomic E-state index is 10.3. The summed E-state index contributed by atoms with van der Waals surface area (Å²) in [5, 5.41) is 109. The Kier molecular flexibility index (Phi) is 9.18. The Hall–Kier alpha value is -0.640. The molecule has 16 heteroatoms. The third kappa shape index (κ3) is 5.23. The van der Waals surface area contributed by atoms with E-state index in [1.165, 1.54) is 0 Å². The van der Waals surface area contributed by atoms with Gasteiger partial charge in [0.1, 0.15) is 73.8 Å². The highest BCUT2D eigenvalue weighted by Gasteiger charge is 2.55. The molecule has 0 saturated carbocycles. The maximum absolute atomic E-state index is 10.3. The minimum atomic E-state index is -2.37. The van der Waals surface area contributed by atoms with Gasteiger partial charge in [-0.2, -0.15) is 0 Å². The smallest absolute Gasteiger partial charge is 0.223 e. The molecule has 16 nitrogen and oxygen atoms in total. The second-order valence-corrected chi connectivity index (χ2v) is 8.45. The summed E-state index contributed by atoms with van der Waals surface area (Å²) in [6.07, 6.45) is -22.2. The minimum Gasteiger partial charge on any atom is -0.394 e. The molecule has 0 bridgehead atoms. The standard InChI is InChI=1S/C18H32O16/c19-1-6-9(23)11(25)13(27)16(32-6)30-3-7-10(24)12(26)14(28)17(33-7)34-18(4-20)15(29)8(22)5(21)2-31-18/h5-17,19-29H,1-4H2/t5-,6+,7+,8-,9-,10+,11-,12-,13+,14+,15+,16-,17+,18?/m0/s1. The first-order chi connectivity index (χ1) is 16.0. The Morgan fingerprint density at radius 1 is 0.676 bits per heavy atom. The third-order valence-electron chi connectivity index (χ3n) is 6.14. The van der Waals surface area contributed by atoms with Crippen LogP contribution in [-0.2, 0) is 23.7 Å². The number of hydrogen-bond acceptors (Lipinski definition) is 16. The van der Waals surface area contributed by atoms with Gasteiger partial charge in [0, 0.05) is 0 Å². The van der Waals surface area contributed by atoms with E-state index in [-0.39, 0.29) is 0 Å². The van der Waals surface area contributed by atoms with Crippen molar-refractivity contribution >= 4 is 0 Å². The Labute approximate surface area is 192 Å². The molecule has 0 amide bonds. The molecule has 3 saturated heterocycles. The first-order valence-corrected chi connectivity index (χ1v) is 10.6. The lowest BCUT2D eigenvalue weighted by Crippen LogP contribution is -2.68. The molecule has 11 N–H and O–H groups in total. The second-order valence-electron chi connectivity index (χ2n) is 8.45. The van der Waals surface area contributed by atoms with Crippen LogP contribution < -0.4 is 0 Å². The van der Waals surface area contributed by atoms with Gasteiger partial charge in [-0.25, -0.2) is 0 Å². The molecule has 0 aromatic rings. The molecule has 3 aliphatic rings. The fourth-order valence-corrected chi connectivity index (χ4v) is 3.90. The summed E-state index contributed by atoms with van der Waals surface area (Å²) in [4.78, 5) is 0. The number of ether oxygens (including phenoxy) is 5. The van der Waals surface area contributed by atoms with Crippen LogP contribution in [0, 0.1) is 0 Å². The average Bonchev–Trinajstić information content (AvgIpc) is 2.83. The zero-order valence-electron chi connectivity index (χ0n) is 17.8. The van der Waals surface area contributed by atoms with Crippen LogP contribution in [0.5, 0.6) is 0 Å². The highest BCUT2D eigenvalue weighted by molar-refractivity contribution is 4.96. The van der Waals surface area contributed by atoms with E-state index in [1.54, 1.807) is 0 Å². The molecule has 34 heavy (non-hydrogen) atoms. The highest BCUT2D eigenvalue weighted by Crippen LogP contribution is 2.33. The van der Waals surface area contributed by atoms with Gasteiger partial charge in [-0.3, -0.25) is 0 Å². The summed E-state index contributed by atoms with van der Waals surface area (Å²) >= 11 is 0. The normalized spacial score (nSPS) is 52.5. The summed E-state index contributed by atoms with van der Waals surface area (Å²) in [5.41, 5.74) is 0. The number of hydrogen-bond donors (Lipinski definition) is 11. The Morgan fingerprint density at radius 3 is 1.82 bits per heavy atom. The van der Waals surface area contributed by atoms with E-state index >= 15 is 0 Å². The predicted octanol–water partition coefficient (Wildman–Crippen LogP) is -7.57. The van der Waals surface area contributed by atoms with Crippen molar-refractivity contribution in [3.63, 3.8) is 0 Å². The van der Waals surface area contributed by atoms with Crippen molar-refractivity contribution in [2.75, 3.05) is 26.4 Å². The Morgan fingerprint density at radius 2 is 1.24 bits per heavy atom. The van der Waals surface area contributed by atoms with E-state index in [1.807, 2.05) is 0 Å². The van der Waals surface area contributed by atoms with Crippen molar-refractivity contribution in [3.8, 4) is 0 Å². The van der Waals surface area contributed by atoms with Crippen molar-refractivity contribution in [3.05, 3.63) is 0 Å². The third-order valence-corrected chi connectivity index (χ3v) is 6.14. The molecule has 3 aliphatic heterocycles. The van der Waals surface area contributed by atoms with Crippen LogP contribution in [-0.4, -0.2) is 168 Å². The zero-order chi connectivity index (χ0) is 25.4. The summed E-state index contributed by atoms with van der Waals surface area (Å²) < 4.78 is 26.4. The van der Waals surface area contributed by atoms with Gasteiger partial charge in [-0.05, 0) is 0 Å². The minimum absolute atomic E-state index is 0.559. The van der Waals surface area contributed by atoms with Crippen LogP contribution >= 0.6 is 0 Å². The van der Waals surface area contributed by atoms with Crippen LogP contribution in [0.2, 0.25) is 0 Å². The van der Waals surface area contributed by atoms with Crippen molar-refractivity contribution in [1.82, 2.24) is 0 Å². The van der Waals surface area contributed by atoms with Crippen LogP contribution in [0.1, 0.15) is 0 Å². The Balaban J connectivity index is 1.69. The van der Waals surface area contributed by atoms with Crippen molar-refractivity contribution in [2.45, 2.75) is 85.5 Å². The molecule has 3 heterocycles. The van der Waals surface area contributed by atoms with Gasteiger partial charge in [-0.15, -0.1) is 0 Å². The van der Waals surface area contributed by atoms with Crippen LogP contribution in [0.4, 0.5) is 0 Å². The number of aliphatic hydroxyl groups is 11. The number of rotatable bonds is 7. The first-order valence-electron chi connectivity index (χ1n) is 10.6. The molecule has 0 radical (unpaired) electrons. The van der Waals surface area contributed by atoms with E-state index in [2.05, 4.69) is 0 Å². The molecule has 200 valence electrons. The van der Waals surface area contributed by atoms with Crippen molar-refractivity contribution in [1.29, 1.82) is 0 Å². The van der Waals surface area contributed by atoms with Crippen molar-refractivity contribution in [2.24, 2.45) is 0 Å². The topological polar surface area (TPSA) is 269 Å². The van der Waals surface area contributed by atoms with Gasteiger partial charge in [0.25, 0.3) is 0 Å². The van der Waals surface area contributed by atoms with E-state index in [0.717, 1.165) is 0 Å². The molecule has 0 spiro atoms. The van der Waals surface area contributed by atoms with E-state index in [4.69, 9.17) is 23.7 Å². The van der Waals surface area contributed by atoms with Gasteiger partial charge >= 0.3 is 0 Å². The zero-order valence-corrected chi connectivity index (χ0v) is 17.8. The van der Waals surface area contributed by atoms with Gasteiger partial charge in [-0.1, -0.05) is 0 Å². The molecule has 0 aromatic carbocycles. The van der Waals surface area contributed by atoms with Gasteiger partial charge < -0.3 is 79.9 Å². The van der Waals surface area contributed by atoms with Gasteiger partial charge in [0.2, 0.25) is 5.79 Å². The van der Waals surface area contributed by atoms with Crippen LogP contribution in [0.15, 0.2) is 0 Å². The van der Waals surface area contributed by atoms with E-state index < -0.39 is 112 Å². The summed E-state index contributed by atoms with van der Waals surface area (Å²) in [6.45, 7) is -2.96. The van der Waals surface area contributed by atoms with E-state index in [9.17, 15) is 56.2 Å². The van der Waals surface area contributed by atoms with Crippen LogP contribution in [0.3, 0.4) is 0 Å². The molecule has 0 aromatic heterocycles. The largest absolute Gasteiger partial charge is 0.394 e. The molecule has 14 atom stereocenters. The average molecular weight is 504 g/mol. The predicted molar refractivity (Wildman–Crippen MR) is 101 cm³/mol. The summed E-state index contributed by atoms with van der Waals surface area (Å²) in [7, 11) is 0. The monoisotopic (exact) mass is 504 g/mol. The quantitative estimate of drug-likeness (QED) is 0.154. The Bertz CT molecular complexity index is 653. The molecular weight excluding hydrogens is 472 g/mol. The van der Waals surface area contributed by atoms with Gasteiger partial charge in [0.05, 0.1) is 19.8 Å². The van der Waals surface area contributed by atoms with Gasteiger partial charge in [0.15, 0.2) is 12.6 Å². The summed E-state index contributed by atoms with van der Waals surface area (Å²) in [5.74, 6) is -2.37. The lowest BCUT2D eigenvalue weighted by atomic mass is 9.96.